The molecule has 8 nitrogen and oxygen atoms in total. The molecule has 170 valence electrons. The van der Waals surface area contributed by atoms with Gasteiger partial charge in [0, 0.05) is 29.8 Å². The molecule has 4 rings (SSSR count). The molecule has 0 radical (unpaired) electrons. The summed E-state index contributed by atoms with van der Waals surface area (Å²) >= 11 is 0. The van der Waals surface area contributed by atoms with Crippen LogP contribution in [0.25, 0.3) is 0 Å². The SMILES string of the molecule is COc1cc(N2C(N)=C(C#N)C(c3ccc(O)cc3)C3=C2CCCC3=O)cc(OC)c1OC. The molecular formula is C25H25N3O5. The zero-order valence-corrected chi connectivity index (χ0v) is 18.7. The molecule has 0 saturated heterocycles. The fourth-order valence-electron chi connectivity index (χ4n) is 4.58. The van der Waals surface area contributed by atoms with E-state index < -0.39 is 5.92 Å². The van der Waals surface area contributed by atoms with Gasteiger partial charge in [0.25, 0.3) is 0 Å². The van der Waals surface area contributed by atoms with E-state index in [-0.39, 0.29) is 22.9 Å². The van der Waals surface area contributed by atoms with Crippen molar-refractivity contribution in [2.75, 3.05) is 26.2 Å². The van der Waals surface area contributed by atoms with Gasteiger partial charge in [-0.25, -0.2) is 0 Å². The summed E-state index contributed by atoms with van der Waals surface area (Å²) in [4.78, 5) is 14.9. The second-order valence-electron chi connectivity index (χ2n) is 7.79. The fraction of sp³-hybridized carbons (Fsp3) is 0.280. The van der Waals surface area contributed by atoms with Crippen LogP contribution in [0.2, 0.25) is 0 Å². The molecule has 1 atom stereocenters. The third-order valence-electron chi connectivity index (χ3n) is 6.05. The molecule has 2 aliphatic rings. The minimum absolute atomic E-state index is 0.0213. The van der Waals surface area contributed by atoms with Crippen LogP contribution in [-0.4, -0.2) is 32.2 Å². The Hall–Kier alpha value is -4.12. The first-order valence-electron chi connectivity index (χ1n) is 10.5. The first-order valence-corrected chi connectivity index (χ1v) is 10.5. The number of Topliss-reactive ketones (excluding diaryl/α,β-unsaturated/α-hetero) is 1. The van der Waals surface area contributed by atoms with Crippen molar-refractivity contribution in [3.05, 3.63) is 64.6 Å². The van der Waals surface area contributed by atoms with Crippen LogP contribution in [0.5, 0.6) is 23.0 Å². The third kappa shape index (κ3) is 3.61. The number of phenolic OH excluding ortho intramolecular Hbond substituents is 1. The summed E-state index contributed by atoms with van der Waals surface area (Å²) in [7, 11) is 4.56. The molecule has 0 amide bonds. The number of ketones is 1. The summed E-state index contributed by atoms with van der Waals surface area (Å²) in [6.07, 6.45) is 1.69. The fourth-order valence-corrected chi connectivity index (χ4v) is 4.58. The van der Waals surface area contributed by atoms with Crippen molar-refractivity contribution >= 4 is 11.5 Å². The number of ether oxygens (including phenoxy) is 3. The van der Waals surface area contributed by atoms with Gasteiger partial charge in [-0.05, 0) is 30.5 Å². The summed E-state index contributed by atoms with van der Waals surface area (Å²) in [6.45, 7) is 0. The lowest BCUT2D eigenvalue weighted by atomic mass is 9.75. The monoisotopic (exact) mass is 447 g/mol. The Bertz CT molecular complexity index is 1180. The molecule has 8 heteroatoms. The number of aromatic hydroxyl groups is 1. The highest BCUT2D eigenvalue weighted by Gasteiger charge is 2.40. The second-order valence-corrected chi connectivity index (χ2v) is 7.79. The van der Waals surface area contributed by atoms with Gasteiger partial charge >= 0.3 is 0 Å². The summed E-state index contributed by atoms with van der Waals surface area (Å²) in [5.41, 5.74) is 9.49. The number of nitrogens with two attached hydrogens (primary N) is 1. The van der Waals surface area contributed by atoms with E-state index >= 15 is 0 Å². The first kappa shape index (κ1) is 22.1. The van der Waals surface area contributed by atoms with Crippen molar-refractivity contribution in [2.24, 2.45) is 5.73 Å². The van der Waals surface area contributed by atoms with Crippen molar-refractivity contribution in [1.29, 1.82) is 5.26 Å². The predicted molar refractivity (Wildman–Crippen MR) is 122 cm³/mol. The number of nitrogens with zero attached hydrogens (tertiary/aromatic N) is 2. The molecule has 0 fully saturated rings. The van der Waals surface area contributed by atoms with Crippen LogP contribution in [0, 0.1) is 11.3 Å². The molecule has 1 aliphatic carbocycles. The number of nitriles is 1. The average molecular weight is 447 g/mol. The van der Waals surface area contributed by atoms with E-state index in [1.165, 1.54) is 21.3 Å². The Kier molecular flexibility index (Phi) is 5.88. The normalized spacial score (nSPS) is 18.1. The second kappa shape index (κ2) is 8.79. The number of methoxy groups -OCH3 is 3. The Balaban J connectivity index is 1.97. The Labute approximate surface area is 192 Å². The Morgan fingerprint density at radius 2 is 1.70 bits per heavy atom. The molecule has 0 spiro atoms. The van der Waals surface area contributed by atoms with Gasteiger partial charge < -0.3 is 25.1 Å². The number of hydrogen-bond donors (Lipinski definition) is 2. The molecule has 33 heavy (non-hydrogen) atoms. The minimum Gasteiger partial charge on any atom is -0.508 e. The van der Waals surface area contributed by atoms with Gasteiger partial charge in [-0.2, -0.15) is 5.26 Å². The van der Waals surface area contributed by atoms with E-state index in [1.54, 1.807) is 41.3 Å². The summed E-state index contributed by atoms with van der Waals surface area (Å²) in [5.74, 6) is 1.01. The van der Waals surface area contributed by atoms with Crippen molar-refractivity contribution in [2.45, 2.75) is 25.2 Å². The summed E-state index contributed by atoms with van der Waals surface area (Å²) < 4.78 is 16.4. The van der Waals surface area contributed by atoms with Gasteiger partial charge in [0.15, 0.2) is 17.3 Å². The van der Waals surface area contributed by atoms with Gasteiger partial charge in [0.1, 0.15) is 11.6 Å². The van der Waals surface area contributed by atoms with Gasteiger partial charge in [-0.1, -0.05) is 12.1 Å². The zero-order chi connectivity index (χ0) is 23.7. The molecule has 1 aliphatic heterocycles. The van der Waals surface area contributed by atoms with E-state index in [1.807, 2.05) is 0 Å². The highest BCUT2D eigenvalue weighted by atomic mass is 16.5. The number of anilines is 1. The smallest absolute Gasteiger partial charge is 0.203 e. The molecule has 3 N–H and O–H groups in total. The first-order chi connectivity index (χ1) is 15.9. The standard InChI is InChI=1S/C25H25N3O5/c1-31-20-11-15(12-21(32-2)24(20)33-3)28-18-5-4-6-19(30)23(18)22(17(13-26)25(28)27)14-7-9-16(29)10-8-14/h7-12,22,29H,4-6,27H2,1-3H3. The van der Waals surface area contributed by atoms with Crippen molar-refractivity contribution in [1.82, 2.24) is 0 Å². The maximum absolute atomic E-state index is 13.2. The van der Waals surface area contributed by atoms with Crippen molar-refractivity contribution in [3.8, 4) is 29.1 Å². The highest BCUT2D eigenvalue weighted by molar-refractivity contribution is 6.01. The van der Waals surface area contributed by atoms with Crippen LogP contribution in [0.4, 0.5) is 5.69 Å². The molecule has 1 heterocycles. The van der Waals surface area contributed by atoms with Crippen LogP contribution < -0.4 is 24.8 Å². The Morgan fingerprint density at radius 3 is 2.24 bits per heavy atom. The van der Waals surface area contributed by atoms with Crippen molar-refractivity contribution in [3.63, 3.8) is 0 Å². The molecular weight excluding hydrogens is 422 g/mol. The Morgan fingerprint density at radius 1 is 1.06 bits per heavy atom. The van der Waals surface area contributed by atoms with Gasteiger partial charge in [-0.3, -0.25) is 9.69 Å². The van der Waals surface area contributed by atoms with Crippen LogP contribution in [0.15, 0.2) is 59.1 Å². The molecule has 0 aromatic heterocycles. The molecule has 0 saturated carbocycles. The number of allylic oxidation sites excluding steroid dienone is 3. The lowest BCUT2D eigenvalue weighted by molar-refractivity contribution is -0.116. The topological polar surface area (TPSA) is 118 Å². The van der Waals surface area contributed by atoms with Crippen LogP contribution in [0.1, 0.15) is 30.7 Å². The van der Waals surface area contributed by atoms with E-state index in [0.29, 0.717) is 47.8 Å². The molecule has 1 unspecified atom stereocenters. The lowest BCUT2D eigenvalue weighted by Gasteiger charge is -2.39. The molecule has 2 aromatic carbocycles. The number of rotatable bonds is 5. The van der Waals surface area contributed by atoms with Gasteiger partial charge in [0.05, 0.1) is 44.6 Å². The quantitative estimate of drug-likeness (QED) is 0.712. The number of carbonyl (C=O) groups is 1. The van der Waals surface area contributed by atoms with Crippen molar-refractivity contribution < 1.29 is 24.1 Å². The van der Waals surface area contributed by atoms with Gasteiger partial charge in [0.2, 0.25) is 5.75 Å². The molecule has 0 bridgehead atoms. The summed E-state index contributed by atoms with van der Waals surface area (Å²) in [5, 5.41) is 19.8. The lowest BCUT2D eigenvalue weighted by Crippen LogP contribution is -2.38. The largest absolute Gasteiger partial charge is 0.508 e. The van der Waals surface area contributed by atoms with E-state index in [9.17, 15) is 15.2 Å². The third-order valence-corrected chi connectivity index (χ3v) is 6.05. The number of phenols is 1. The summed E-state index contributed by atoms with van der Waals surface area (Å²) in [6, 6.07) is 12.2. The highest BCUT2D eigenvalue weighted by Crippen LogP contribution is 2.49. The van der Waals surface area contributed by atoms with E-state index in [0.717, 1.165) is 11.3 Å². The predicted octanol–water partition coefficient (Wildman–Crippen LogP) is 3.72. The maximum atomic E-state index is 13.2. The number of carbonyl (C=O) groups excluding carboxylic acids is 1. The van der Waals surface area contributed by atoms with E-state index in [2.05, 4.69) is 6.07 Å². The minimum atomic E-state index is -0.600. The number of hydrogen-bond acceptors (Lipinski definition) is 8. The maximum Gasteiger partial charge on any atom is 0.203 e. The van der Waals surface area contributed by atoms with E-state index in [4.69, 9.17) is 19.9 Å². The van der Waals surface area contributed by atoms with Crippen LogP contribution in [-0.2, 0) is 4.79 Å². The van der Waals surface area contributed by atoms with Crippen LogP contribution in [0.3, 0.4) is 0 Å². The average Bonchev–Trinajstić information content (AvgIpc) is 2.83. The zero-order valence-electron chi connectivity index (χ0n) is 18.7. The van der Waals surface area contributed by atoms with Crippen LogP contribution >= 0.6 is 0 Å². The van der Waals surface area contributed by atoms with Gasteiger partial charge in [-0.15, -0.1) is 0 Å². The molecule has 2 aromatic rings. The number of benzene rings is 2.